The molecule has 1 aliphatic carbocycles. The Labute approximate surface area is 183 Å². The van der Waals surface area contributed by atoms with E-state index >= 15 is 0 Å². The Morgan fingerprint density at radius 2 is 1.87 bits per heavy atom. The van der Waals surface area contributed by atoms with Crippen LogP contribution < -0.4 is 10.6 Å². The number of amides is 1. The Bertz CT molecular complexity index is 868. The Morgan fingerprint density at radius 3 is 2.53 bits per heavy atom. The summed E-state index contributed by atoms with van der Waals surface area (Å²) in [5.74, 6) is 0.966. The Hall–Kier alpha value is -2.18. The van der Waals surface area contributed by atoms with E-state index in [0.29, 0.717) is 12.3 Å². The van der Waals surface area contributed by atoms with Crippen LogP contribution in [0, 0.1) is 5.92 Å². The summed E-state index contributed by atoms with van der Waals surface area (Å²) in [6, 6.07) is 8.11. The predicted octanol–water partition coefficient (Wildman–Crippen LogP) is 2.65. The van der Waals surface area contributed by atoms with E-state index in [-0.39, 0.29) is 12.1 Å². The first-order valence-corrected chi connectivity index (χ1v) is 11.5. The van der Waals surface area contributed by atoms with Gasteiger partial charge in [0.1, 0.15) is 6.17 Å². The van der Waals surface area contributed by atoms with Gasteiger partial charge in [-0.2, -0.15) is 0 Å². The second-order valence-electron chi connectivity index (χ2n) is 8.65. The lowest BCUT2D eigenvalue weighted by Gasteiger charge is -2.37. The molecule has 160 valence electrons. The third-order valence-corrected chi connectivity index (χ3v) is 6.83. The fourth-order valence-corrected chi connectivity index (χ4v) is 4.75. The smallest absolute Gasteiger partial charge is 0.222 e. The summed E-state index contributed by atoms with van der Waals surface area (Å²) in [5, 5.41) is 8.14. The minimum atomic E-state index is 0.233. The van der Waals surface area contributed by atoms with E-state index in [0.717, 1.165) is 44.3 Å². The molecule has 30 heavy (non-hydrogen) atoms. The van der Waals surface area contributed by atoms with Gasteiger partial charge in [-0.1, -0.05) is 30.7 Å². The molecule has 0 bridgehead atoms. The second kappa shape index (κ2) is 8.16. The minimum Gasteiger partial charge on any atom is -0.383 e. The molecule has 3 heterocycles. The number of piperazine rings is 1. The molecule has 5 rings (SSSR count). The molecule has 0 radical (unpaired) electrons. The molecule has 2 fully saturated rings. The van der Waals surface area contributed by atoms with Crippen LogP contribution in [0.25, 0.3) is 5.70 Å². The maximum Gasteiger partial charge on any atom is 0.222 e. The maximum atomic E-state index is 12.0. The van der Waals surface area contributed by atoms with E-state index in [1.165, 1.54) is 35.5 Å². The van der Waals surface area contributed by atoms with Gasteiger partial charge >= 0.3 is 0 Å². The normalized spacial score (nSPS) is 24.3. The van der Waals surface area contributed by atoms with Crippen molar-refractivity contribution < 1.29 is 4.79 Å². The first kappa shape index (κ1) is 19.8. The zero-order valence-corrected chi connectivity index (χ0v) is 18.3. The highest BCUT2D eigenvalue weighted by atomic mass is 35.5. The summed E-state index contributed by atoms with van der Waals surface area (Å²) in [6.07, 6.45) is 5.74. The molecule has 1 atom stereocenters. The number of nitrogens with zero attached hydrogens (tertiary/aromatic N) is 3. The monoisotopic (exact) mass is 427 g/mol. The molecular weight excluding hydrogens is 398 g/mol. The molecule has 1 aromatic rings. The molecule has 3 aliphatic heterocycles. The van der Waals surface area contributed by atoms with Crippen molar-refractivity contribution in [3.05, 3.63) is 52.4 Å². The average Bonchev–Trinajstić information content (AvgIpc) is 3.57. The number of hydrogen-bond donors (Lipinski definition) is 2. The molecule has 1 aromatic carbocycles. The highest BCUT2D eigenvalue weighted by Crippen LogP contribution is 2.39. The maximum absolute atomic E-state index is 12.0. The fraction of sp³-hybridized carbons (Fsp3) is 0.522. The molecular formula is C23H30ClN5O. The van der Waals surface area contributed by atoms with E-state index in [1.54, 1.807) is 0 Å². The van der Waals surface area contributed by atoms with Gasteiger partial charge in [0.15, 0.2) is 0 Å². The van der Waals surface area contributed by atoms with Gasteiger partial charge in [0.05, 0.1) is 17.9 Å². The predicted molar refractivity (Wildman–Crippen MR) is 119 cm³/mol. The SMILES string of the molecule is CCC(=O)N1CCN(CC2=C(c3ccc(Cl)cc3)NC3CNC(C4CC4)=CN23)CC1. The van der Waals surface area contributed by atoms with Crippen LogP contribution in [0.5, 0.6) is 0 Å². The number of nitrogens with one attached hydrogen (secondary N) is 2. The summed E-state index contributed by atoms with van der Waals surface area (Å²) < 4.78 is 0. The number of benzene rings is 1. The van der Waals surface area contributed by atoms with Crippen LogP contribution in [0.15, 0.2) is 41.9 Å². The Morgan fingerprint density at radius 1 is 1.13 bits per heavy atom. The topological polar surface area (TPSA) is 50.9 Å². The average molecular weight is 428 g/mol. The molecule has 1 saturated carbocycles. The lowest BCUT2D eigenvalue weighted by atomic mass is 10.1. The Kier molecular flexibility index (Phi) is 5.37. The molecule has 4 aliphatic rings. The van der Waals surface area contributed by atoms with Crippen molar-refractivity contribution in [1.82, 2.24) is 25.3 Å². The molecule has 1 saturated heterocycles. The van der Waals surface area contributed by atoms with Crippen LogP contribution in [0.1, 0.15) is 31.7 Å². The summed E-state index contributed by atoms with van der Waals surface area (Å²) in [4.78, 5) is 18.9. The van der Waals surface area contributed by atoms with Gasteiger partial charge in [0, 0.05) is 62.0 Å². The molecule has 6 nitrogen and oxygen atoms in total. The van der Waals surface area contributed by atoms with E-state index in [9.17, 15) is 4.79 Å². The highest BCUT2D eigenvalue weighted by Gasteiger charge is 2.37. The summed E-state index contributed by atoms with van der Waals surface area (Å²) in [7, 11) is 0. The summed E-state index contributed by atoms with van der Waals surface area (Å²) in [6.45, 7) is 7.19. The molecule has 7 heteroatoms. The van der Waals surface area contributed by atoms with Crippen LogP contribution in [0.3, 0.4) is 0 Å². The molecule has 1 amide bonds. The van der Waals surface area contributed by atoms with Crippen molar-refractivity contribution in [3.63, 3.8) is 0 Å². The zero-order valence-electron chi connectivity index (χ0n) is 17.5. The lowest BCUT2D eigenvalue weighted by molar-refractivity contribution is -0.132. The van der Waals surface area contributed by atoms with Gasteiger partial charge < -0.3 is 20.4 Å². The molecule has 0 aromatic heterocycles. The number of carbonyl (C=O) groups is 1. The Balaban J connectivity index is 1.40. The standard InChI is InChI=1S/C23H30ClN5O/c1-2-22(30)28-11-9-27(10-12-28)15-20-23(17-5-7-18(24)8-6-17)26-21-13-25-19(14-29(20)21)16-3-4-16/h5-8,14,16,21,25-26H,2-4,9-13,15H2,1H3. The second-order valence-corrected chi connectivity index (χ2v) is 9.08. The van der Waals surface area contributed by atoms with Crippen LogP contribution in [0.2, 0.25) is 5.02 Å². The minimum absolute atomic E-state index is 0.233. The molecule has 0 spiro atoms. The fourth-order valence-electron chi connectivity index (χ4n) is 4.63. The van der Waals surface area contributed by atoms with Gasteiger partial charge in [-0.25, -0.2) is 0 Å². The largest absolute Gasteiger partial charge is 0.383 e. The first-order chi connectivity index (χ1) is 14.6. The number of allylic oxidation sites excluding steroid dienone is 1. The van der Waals surface area contributed by atoms with Gasteiger partial charge in [0.2, 0.25) is 5.91 Å². The highest BCUT2D eigenvalue weighted by molar-refractivity contribution is 6.30. The van der Waals surface area contributed by atoms with E-state index in [1.807, 2.05) is 24.0 Å². The summed E-state index contributed by atoms with van der Waals surface area (Å²) >= 11 is 6.14. The van der Waals surface area contributed by atoms with Crippen molar-refractivity contribution in [3.8, 4) is 0 Å². The van der Waals surface area contributed by atoms with Crippen molar-refractivity contribution in [2.45, 2.75) is 32.4 Å². The number of hydrogen-bond acceptors (Lipinski definition) is 5. The third kappa shape index (κ3) is 3.91. The van der Waals surface area contributed by atoms with Gasteiger partial charge in [-0.05, 0) is 30.5 Å². The lowest BCUT2D eigenvalue weighted by Crippen LogP contribution is -2.50. The van der Waals surface area contributed by atoms with Crippen molar-refractivity contribution >= 4 is 23.2 Å². The van der Waals surface area contributed by atoms with E-state index in [2.05, 4.69) is 38.8 Å². The number of fused-ring (bicyclic) bond motifs is 1. The van der Waals surface area contributed by atoms with Crippen LogP contribution >= 0.6 is 11.6 Å². The number of halogens is 1. The van der Waals surface area contributed by atoms with Crippen LogP contribution in [-0.2, 0) is 4.79 Å². The van der Waals surface area contributed by atoms with E-state index < -0.39 is 0 Å². The quantitative estimate of drug-likeness (QED) is 0.756. The van der Waals surface area contributed by atoms with Gasteiger partial charge in [-0.15, -0.1) is 0 Å². The summed E-state index contributed by atoms with van der Waals surface area (Å²) in [5.41, 5.74) is 5.06. The van der Waals surface area contributed by atoms with E-state index in [4.69, 9.17) is 11.6 Å². The number of rotatable bonds is 5. The zero-order chi connectivity index (χ0) is 20.7. The third-order valence-electron chi connectivity index (χ3n) is 6.58. The van der Waals surface area contributed by atoms with Crippen molar-refractivity contribution in [2.24, 2.45) is 5.92 Å². The number of carbonyl (C=O) groups excluding carboxylic acids is 1. The van der Waals surface area contributed by atoms with Crippen molar-refractivity contribution in [1.29, 1.82) is 0 Å². The molecule has 1 unspecified atom stereocenters. The van der Waals surface area contributed by atoms with Crippen LogP contribution in [0.4, 0.5) is 0 Å². The van der Waals surface area contributed by atoms with Gasteiger partial charge in [-0.3, -0.25) is 9.69 Å². The first-order valence-electron chi connectivity index (χ1n) is 11.1. The molecule has 2 N–H and O–H groups in total. The van der Waals surface area contributed by atoms with Gasteiger partial charge in [0.25, 0.3) is 0 Å². The van der Waals surface area contributed by atoms with Crippen LogP contribution in [-0.4, -0.2) is 66.0 Å². The van der Waals surface area contributed by atoms with Crippen molar-refractivity contribution in [2.75, 3.05) is 39.3 Å².